The normalized spacial score (nSPS) is 13.6. The first kappa shape index (κ1) is 13.1. The van der Waals surface area contributed by atoms with E-state index in [2.05, 4.69) is 36.1 Å². The van der Waals surface area contributed by atoms with Crippen molar-refractivity contribution in [1.29, 1.82) is 0 Å². The largest absolute Gasteiger partial charge is 0.392 e. The molecule has 1 atom stereocenters. The van der Waals surface area contributed by atoms with E-state index in [1.54, 1.807) is 13.0 Å². The minimum absolute atomic E-state index is 0.0733. The maximum Gasteiger partial charge on any atom is 0.131 e. The van der Waals surface area contributed by atoms with Gasteiger partial charge >= 0.3 is 0 Å². The lowest BCUT2D eigenvalue weighted by Crippen LogP contribution is -2.20. The van der Waals surface area contributed by atoms with Crippen LogP contribution in [0.3, 0.4) is 0 Å². The topological polar surface area (TPSA) is 60.9 Å². The van der Waals surface area contributed by atoms with Gasteiger partial charge in [-0.15, -0.1) is 0 Å². The van der Waals surface area contributed by atoms with Crippen LogP contribution in [0.2, 0.25) is 0 Å². The highest BCUT2D eigenvalue weighted by Gasteiger charge is 2.16. The van der Waals surface area contributed by atoms with E-state index in [1.165, 1.54) is 0 Å². The van der Waals surface area contributed by atoms with E-state index in [0.717, 1.165) is 11.6 Å². The smallest absolute Gasteiger partial charge is 0.131 e. The van der Waals surface area contributed by atoms with Crippen LogP contribution in [0.4, 0.5) is 5.82 Å². The van der Waals surface area contributed by atoms with Crippen molar-refractivity contribution in [3.05, 3.63) is 16.5 Å². The van der Waals surface area contributed by atoms with Gasteiger partial charge in [-0.05, 0) is 6.92 Å². The van der Waals surface area contributed by atoms with Crippen molar-refractivity contribution in [3.8, 4) is 0 Å². The van der Waals surface area contributed by atoms with E-state index in [4.69, 9.17) is 12.2 Å². The Balaban J connectivity index is 2.95. The predicted molar refractivity (Wildman–Crippen MR) is 68.3 cm³/mol. The zero-order chi connectivity index (χ0) is 12.3. The SMILES string of the molecule is CC(O)CNc1cc(=S)nc(C(C)(C)C)[nH]1. The summed E-state index contributed by atoms with van der Waals surface area (Å²) in [6, 6.07) is 1.76. The fourth-order valence-electron chi connectivity index (χ4n) is 1.17. The second-order valence-electron chi connectivity index (χ2n) is 4.96. The Kier molecular flexibility index (Phi) is 4.04. The van der Waals surface area contributed by atoms with E-state index in [0.29, 0.717) is 11.2 Å². The molecular weight excluding hydrogens is 222 g/mol. The Bertz CT molecular complexity index is 406. The molecule has 1 heterocycles. The van der Waals surface area contributed by atoms with Gasteiger partial charge < -0.3 is 15.4 Å². The molecule has 1 aromatic heterocycles. The standard InChI is InChI=1S/C11H19N3OS/c1-7(15)6-12-8-5-9(16)14-10(13-8)11(2,3)4/h5,7,15H,6H2,1-4H3,(H2,12,13,14,16). The van der Waals surface area contributed by atoms with E-state index >= 15 is 0 Å². The molecule has 0 aromatic carbocycles. The van der Waals surface area contributed by atoms with Crippen molar-refractivity contribution in [3.63, 3.8) is 0 Å². The first-order chi connectivity index (χ1) is 7.29. The molecule has 0 saturated carbocycles. The van der Waals surface area contributed by atoms with Crippen LogP contribution in [0, 0.1) is 4.64 Å². The second-order valence-corrected chi connectivity index (χ2v) is 5.38. The molecule has 0 fully saturated rings. The number of nitrogens with one attached hydrogen (secondary N) is 2. The summed E-state index contributed by atoms with van der Waals surface area (Å²) in [7, 11) is 0. The van der Waals surface area contributed by atoms with Crippen LogP contribution in [-0.4, -0.2) is 27.7 Å². The number of aliphatic hydroxyl groups excluding tert-OH is 1. The fraction of sp³-hybridized carbons (Fsp3) is 0.636. The molecule has 5 heteroatoms. The van der Waals surface area contributed by atoms with Crippen molar-refractivity contribution >= 4 is 18.0 Å². The number of rotatable bonds is 3. The number of hydrogen-bond donors (Lipinski definition) is 3. The van der Waals surface area contributed by atoms with Crippen LogP contribution >= 0.6 is 12.2 Å². The van der Waals surface area contributed by atoms with Crippen molar-refractivity contribution < 1.29 is 5.11 Å². The molecule has 0 bridgehead atoms. The molecule has 1 aromatic rings. The van der Waals surface area contributed by atoms with Crippen molar-refractivity contribution in [2.75, 3.05) is 11.9 Å². The Hall–Kier alpha value is -0.940. The lowest BCUT2D eigenvalue weighted by molar-refractivity contribution is 0.208. The average molecular weight is 241 g/mol. The Labute approximate surface area is 101 Å². The third kappa shape index (κ3) is 3.90. The second kappa shape index (κ2) is 4.93. The summed E-state index contributed by atoms with van der Waals surface area (Å²) in [5, 5.41) is 12.3. The van der Waals surface area contributed by atoms with Gasteiger partial charge in [0.15, 0.2) is 0 Å². The van der Waals surface area contributed by atoms with Gasteiger partial charge in [-0.1, -0.05) is 33.0 Å². The van der Waals surface area contributed by atoms with Crippen LogP contribution in [0.15, 0.2) is 6.07 Å². The Morgan fingerprint density at radius 1 is 1.56 bits per heavy atom. The van der Waals surface area contributed by atoms with E-state index < -0.39 is 6.10 Å². The number of H-pyrrole nitrogens is 1. The first-order valence-corrected chi connectivity index (χ1v) is 5.73. The maximum atomic E-state index is 9.19. The van der Waals surface area contributed by atoms with Gasteiger partial charge in [-0.3, -0.25) is 0 Å². The molecule has 16 heavy (non-hydrogen) atoms. The van der Waals surface area contributed by atoms with Crippen molar-refractivity contribution in [2.45, 2.75) is 39.2 Å². The molecule has 0 aliphatic carbocycles. The number of hydrogen-bond acceptors (Lipinski definition) is 4. The molecule has 0 aliphatic heterocycles. The molecule has 0 radical (unpaired) electrons. The third-order valence-corrected chi connectivity index (χ3v) is 2.25. The van der Waals surface area contributed by atoms with Crippen LogP contribution in [0.5, 0.6) is 0 Å². The van der Waals surface area contributed by atoms with E-state index in [1.807, 2.05) is 0 Å². The van der Waals surface area contributed by atoms with Gasteiger partial charge in [0.1, 0.15) is 16.3 Å². The molecular formula is C11H19N3OS. The monoisotopic (exact) mass is 241 g/mol. The van der Waals surface area contributed by atoms with Gasteiger partial charge in [-0.25, -0.2) is 4.98 Å². The summed E-state index contributed by atoms with van der Waals surface area (Å²) in [6.45, 7) is 8.42. The number of aliphatic hydroxyl groups is 1. The van der Waals surface area contributed by atoms with E-state index in [-0.39, 0.29) is 5.41 Å². The fourth-order valence-corrected chi connectivity index (χ4v) is 1.37. The number of aromatic nitrogens is 2. The van der Waals surface area contributed by atoms with Crippen LogP contribution < -0.4 is 5.32 Å². The van der Waals surface area contributed by atoms with Crippen LogP contribution in [-0.2, 0) is 5.41 Å². The average Bonchev–Trinajstić information content (AvgIpc) is 2.12. The van der Waals surface area contributed by atoms with Gasteiger partial charge in [-0.2, -0.15) is 0 Å². The highest BCUT2D eigenvalue weighted by atomic mass is 32.1. The Morgan fingerprint density at radius 3 is 2.69 bits per heavy atom. The minimum atomic E-state index is -0.395. The van der Waals surface area contributed by atoms with Gasteiger partial charge in [0.05, 0.1) is 6.10 Å². The van der Waals surface area contributed by atoms with Gasteiger partial charge in [0.25, 0.3) is 0 Å². The zero-order valence-electron chi connectivity index (χ0n) is 10.2. The summed E-state index contributed by atoms with van der Waals surface area (Å²) in [5.41, 5.74) is -0.0733. The van der Waals surface area contributed by atoms with E-state index in [9.17, 15) is 5.11 Å². The molecule has 0 spiro atoms. The lowest BCUT2D eigenvalue weighted by Gasteiger charge is -2.19. The number of aromatic amines is 1. The van der Waals surface area contributed by atoms with Crippen LogP contribution in [0.25, 0.3) is 0 Å². The molecule has 0 amide bonds. The lowest BCUT2D eigenvalue weighted by atomic mass is 9.96. The highest BCUT2D eigenvalue weighted by Crippen LogP contribution is 2.19. The third-order valence-electron chi connectivity index (χ3n) is 2.04. The molecule has 0 aliphatic rings. The molecule has 90 valence electrons. The number of anilines is 1. The summed E-state index contributed by atoms with van der Waals surface area (Å²) < 4.78 is 0.553. The molecule has 0 saturated heterocycles. The molecule has 3 N–H and O–H groups in total. The molecule has 1 rings (SSSR count). The van der Waals surface area contributed by atoms with Gasteiger partial charge in [0.2, 0.25) is 0 Å². The molecule has 4 nitrogen and oxygen atoms in total. The summed E-state index contributed by atoms with van der Waals surface area (Å²) >= 11 is 5.10. The minimum Gasteiger partial charge on any atom is -0.392 e. The summed E-state index contributed by atoms with van der Waals surface area (Å²) in [4.78, 5) is 7.47. The quantitative estimate of drug-likeness (QED) is 0.710. The maximum absolute atomic E-state index is 9.19. The van der Waals surface area contributed by atoms with Crippen molar-refractivity contribution in [1.82, 2.24) is 9.97 Å². The highest BCUT2D eigenvalue weighted by molar-refractivity contribution is 7.71. The summed E-state index contributed by atoms with van der Waals surface area (Å²) in [6.07, 6.45) is -0.395. The van der Waals surface area contributed by atoms with Crippen LogP contribution in [0.1, 0.15) is 33.5 Å². The number of nitrogens with zero attached hydrogens (tertiary/aromatic N) is 1. The molecule has 1 unspecified atom stereocenters. The first-order valence-electron chi connectivity index (χ1n) is 5.33. The zero-order valence-corrected chi connectivity index (χ0v) is 11.0. The predicted octanol–water partition coefficient (Wildman–Crippen LogP) is 2.23. The van der Waals surface area contributed by atoms with Crippen molar-refractivity contribution in [2.24, 2.45) is 0 Å². The Morgan fingerprint density at radius 2 is 2.19 bits per heavy atom. The summed E-state index contributed by atoms with van der Waals surface area (Å²) in [5.74, 6) is 1.64. The van der Waals surface area contributed by atoms with Gasteiger partial charge in [0, 0.05) is 18.0 Å².